The van der Waals surface area contributed by atoms with E-state index in [0.717, 1.165) is 35.0 Å². The van der Waals surface area contributed by atoms with Crippen molar-refractivity contribution in [2.45, 2.75) is 43.5 Å². The fourth-order valence-electron chi connectivity index (χ4n) is 3.34. The summed E-state index contributed by atoms with van der Waals surface area (Å²) in [7, 11) is -3.47. The number of amides is 1. The van der Waals surface area contributed by atoms with Gasteiger partial charge in [0.25, 0.3) is 0 Å². The number of sulfonamides is 1. The molecule has 8 heteroatoms. The average Bonchev–Trinajstić information content (AvgIpc) is 2.76. The molecule has 1 aliphatic heterocycles. The minimum absolute atomic E-state index is 0.0860. The van der Waals surface area contributed by atoms with Crippen LogP contribution in [0.1, 0.15) is 37.7 Å². The molecule has 1 aliphatic rings. The molecule has 0 aliphatic carbocycles. The molecule has 0 aromatic heterocycles. The SMILES string of the molecule is O=C(CCCOc1cccc(Br)c1)NCc1cccc(S(=O)(=O)N2CCCCC2)c1. The van der Waals surface area contributed by atoms with Crippen molar-refractivity contribution < 1.29 is 17.9 Å². The van der Waals surface area contributed by atoms with E-state index in [1.54, 1.807) is 22.5 Å². The van der Waals surface area contributed by atoms with Gasteiger partial charge in [0, 0.05) is 30.5 Å². The zero-order valence-corrected chi connectivity index (χ0v) is 19.3. The molecule has 0 spiro atoms. The molecule has 1 fully saturated rings. The second-order valence-electron chi connectivity index (χ2n) is 7.30. The van der Waals surface area contributed by atoms with Gasteiger partial charge in [0.05, 0.1) is 11.5 Å². The molecule has 1 N–H and O–H groups in total. The molecular formula is C22H27BrN2O4S. The van der Waals surface area contributed by atoms with E-state index in [2.05, 4.69) is 21.2 Å². The number of hydrogen-bond donors (Lipinski definition) is 1. The molecule has 1 saturated heterocycles. The summed E-state index contributed by atoms with van der Waals surface area (Å²) < 4.78 is 33.8. The van der Waals surface area contributed by atoms with Gasteiger partial charge < -0.3 is 10.1 Å². The second kappa shape index (κ2) is 10.9. The molecule has 2 aromatic rings. The van der Waals surface area contributed by atoms with Gasteiger partial charge >= 0.3 is 0 Å². The highest BCUT2D eigenvalue weighted by Crippen LogP contribution is 2.21. The highest BCUT2D eigenvalue weighted by molar-refractivity contribution is 9.10. The second-order valence-corrected chi connectivity index (χ2v) is 10.2. The summed E-state index contributed by atoms with van der Waals surface area (Å²) >= 11 is 3.39. The van der Waals surface area contributed by atoms with Gasteiger partial charge in [-0.05, 0) is 55.2 Å². The molecule has 0 bridgehead atoms. The lowest BCUT2D eigenvalue weighted by Gasteiger charge is -2.26. The number of ether oxygens (including phenoxy) is 1. The van der Waals surface area contributed by atoms with Crippen molar-refractivity contribution in [2.75, 3.05) is 19.7 Å². The number of piperidine rings is 1. The number of carbonyl (C=O) groups is 1. The largest absolute Gasteiger partial charge is 0.494 e. The molecule has 0 radical (unpaired) electrons. The number of rotatable bonds is 9. The van der Waals surface area contributed by atoms with Crippen LogP contribution in [0, 0.1) is 0 Å². The van der Waals surface area contributed by atoms with E-state index in [0.29, 0.717) is 44.0 Å². The fourth-order valence-corrected chi connectivity index (χ4v) is 5.30. The van der Waals surface area contributed by atoms with Crippen molar-refractivity contribution in [3.8, 4) is 5.75 Å². The number of nitrogens with one attached hydrogen (secondary N) is 1. The lowest BCUT2D eigenvalue weighted by atomic mass is 10.2. The van der Waals surface area contributed by atoms with E-state index in [9.17, 15) is 13.2 Å². The highest BCUT2D eigenvalue weighted by atomic mass is 79.9. The minimum atomic E-state index is -3.47. The molecule has 162 valence electrons. The molecular weight excluding hydrogens is 468 g/mol. The zero-order valence-electron chi connectivity index (χ0n) is 16.8. The van der Waals surface area contributed by atoms with Gasteiger partial charge in [0.2, 0.25) is 15.9 Å². The molecule has 1 amide bonds. The van der Waals surface area contributed by atoms with Crippen molar-refractivity contribution in [2.24, 2.45) is 0 Å². The number of nitrogens with zero attached hydrogens (tertiary/aromatic N) is 1. The van der Waals surface area contributed by atoms with Crippen molar-refractivity contribution in [1.29, 1.82) is 0 Å². The van der Waals surface area contributed by atoms with Crippen molar-refractivity contribution >= 4 is 31.9 Å². The van der Waals surface area contributed by atoms with Gasteiger partial charge in [-0.25, -0.2) is 8.42 Å². The zero-order chi connectivity index (χ0) is 21.4. The van der Waals surface area contributed by atoms with E-state index in [1.807, 2.05) is 30.3 Å². The Bertz CT molecular complexity index is 959. The Balaban J connectivity index is 1.45. The van der Waals surface area contributed by atoms with Gasteiger partial charge in [-0.1, -0.05) is 40.5 Å². The third-order valence-corrected chi connectivity index (χ3v) is 7.34. The van der Waals surface area contributed by atoms with Crippen LogP contribution >= 0.6 is 15.9 Å². The molecule has 1 heterocycles. The van der Waals surface area contributed by atoms with Gasteiger partial charge in [-0.2, -0.15) is 4.31 Å². The quantitative estimate of drug-likeness (QED) is 0.532. The maximum atomic E-state index is 12.8. The van der Waals surface area contributed by atoms with E-state index in [-0.39, 0.29) is 5.91 Å². The Labute approximate surface area is 186 Å². The first kappa shape index (κ1) is 22.8. The van der Waals surface area contributed by atoms with Crippen LogP contribution in [0.2, 0.25) is 0 Å². The van der Waals surface area contributed by atoms with Crippen LogP contribution in [0.4, 0.5) is 0 Å². The van der Waals surface area contributed by atoms with Gasteiger partial charge in [-0.3, -0.25) is 4.79 Å². The van der Waals surface area contributed by atoms with Gasteiger partial charge in [0.1, 0.15) is 5.75 Å². The summed E-state index contributed by atoms with van der Waals surface area (Å²) in [5.74, 6) is 0.675. The lowest BCUT2D eigenvalue weighted by Crippen LogP contribution is -2.35. The summed E-state index contributed by atoms with van der Waals surface area (Å²) in [6, 6.07) is 14.4. The van der Waals surface area contributed by atoms with E-state index >= 15 is 0 Å². The first-order chi connectivity index (χ1) is 14.4. The number of carbonyl (C=O) groups excluding carboxylic acids is 1. The maximum Gasteiger partial charge on any atom is 0.243 e. The first-order valence-corrected chi connectivity index (χ1v) is 12.4. The predicted octanol–water partition coefficient (Wildman–Crippen LogP) is 4.10. The summed E-state index contributed by atoms with van der Waals surface area (Å²) in [4.78, 5) is 12.4. The fraction of sp³-hybridized carbons (Fsp3) is 0.409. The molecule has 30 heavy (non-hydrogen) atoms. The minimum Gasteiger partial charge on any atom is -0.494 e. The Morgan fingerprint density at radius 2 is 1.83 bits per heavy atom. The molecule has 3 rings (SSSR count). The average molecular weight is 495 g/mol. The van der Waals surface area contributed by atoms with Crippen LogP contribution in [0.15, 0.2) is 57.9 Å². The normalized spacial score (nSPS) is 15.0. The van der Waals surface area contributed by atoms with Gasteiger partial charge in [-0.15, -0.1) is 0 Å². The lowest BCUT2D eigenvalue weighted by molar-refractivity contribution is -0.121. The number of halogens is 1. The van der Waals surface area contributed by atoms with Crippen LogP contribution in [-0.4, -0.2) is 38.3 Å². The van der Waals surface area contributed by atoms with Crippen LogP contribution < -0.4 is 10.1 Å². The smallest absolute Gasteiger partial charge is 0.243 e. The topological polar surface area (TPSA) is 75.7 Å². The Morgan fingerprint density at radius 1 is 1.07 bits per heavy atom. The first-order valence-electron chi connectivity index (χ1n) is 10.2. The summed E-state index contributed by atoms with van der Waals surface area (Å²) in [5, 5.41) is 2.85. The number of benzene rings is 2. The highest BCUT2D eigenvalue weighted by Gasteiger charge is 2.25. The summed E-state index contributed by atoms with van der Waals surface area (Å²) in [6.07, 6.45) is 3.83. The number of hydrogen-bond acceptors (Lipinski definition) is 4. The van der Waals surface area contributed by atoms with Crippen molar-refractivity contribution in [1.82, 2.24) is 9.62 Å². The predicted molar refractivity (Wildman–Crippen MR) is 120 cm³/mol. The summed E-state index contributed by atoms with van der Waals surface area (Å²) in [5.41, 5.74) is 0.770. The third-order valence-electron chi connectivity index (χ3n) is 4.95. The van der Waals surface area contributed by atoms with E-state index < -0.39 is 10.0 Å². The monoisotopic (exact) mass is 494 g/mol. The maximum absolute atomic E-state index is 12.8. The molecule has 2 aromatic carbocycles. The third kappa shape index (κ3) is 6.55. The molecule has 0 unspecified atom stereocenters. The Morgan fingerprint density at radius 3 is 2.60 bits per heavy atom. The van der Waals surface area contributed by atoms with Crippen LogP contribution in [0.25, 0.3) is 0 Å². The van der Waals surface area contributed by atoms with Crippen molar-refractivity contribution in [3.05, 3.63) is 58.6 Å². The van der Waals surface area contributed by atoms with Crippen LogP contribution in [0.5, 0.6) is 5.75 Å². The molecule has 0 saturated carbocycles. The Hall–Kier alpha value is -1.90. The van der Waals surface area contributed by atoms with E-state index in [1.165, 1.54) is 0 Å². The van der Waals surface area contributed by atoms with Crippen molar-refractivity contribution in [3.63, 3.8) is 0 Å². The standard InChI is InChI=1S/C22H27BrN2O4S/c23-19-8-5-9-20(16-19)29-14-6-11-22(26)24-17-18-7-4-10-21(15-18)30(27,28)25-12-2-1-3-13-25/h4-5,7-10,15-16H,1-3,6,11-14,17H2,(H,24,26). The van der Waals surface area contributed by atoms with Crippen LogP contribution in [-0.2, 0) is 21.4 Å². The molecule has 0 atom stereocenters. The van der Waals surface area contributed by atoms with Crippen LogP contribution in [0.3, 0.4) is 0 Å². The summed E-state index contributed by atoms with van der Waals surface area (Å²) in [6.45, 7) is 1.90. The van der Waals surface area contributed by atoms with E-state index in [4.69, 9.17) is 4.74 Å². The molecule has 6 nitrogen and oxygen atoms in total. The van der Waals surface area contributed by atoms with Gasteiger partial charge in [0.15, 0.2) is 0 Å². The Kier molecular flexibility index (Phi) is 8.30.